The third-order valence-corrected chi connectivity index (χ3v) is 5.72. The first-order valence-corrected chi connectivity index (χ1v) is 9.54. The number of rotatable bonds is 4. The monoisotopic (exact) mass is 394 g/mol. The number of para-hydroxylation sites is 1. The molecule has 8 nitrogen and oxygen atoms in total. The van der Waals surface area contributed by atoms with Crippen LogP contribution in [-0.2, 0) is 21.4 Å². The van der Waals surface area contributed by atoms with Gasteiger partial charge < -0.3 is 5.32 Å². The molecule has 1 aromatic carbocycles. The summed E-state index contributed by atoms with van der Waals surface area (Å²) in [7, 11) is 1.73. The van der Waals surface area contributed by atoms with Crippen molar-refractivity contribution >= 4 is 23.4 Å². The van der Waals surface area contributed by atoms with Gasteiger partial charge in [0.1, 0.15) is 12.2 Å². The summed E-state index contributed by atoms with van der Waals surface area (Å²) in [6.07, 6.45) is 4.84. The topological polar surface area (TPSA) is 93.4 Å². The number of nitrogens with zero attached hydrogens (tertiary/aromatic N) is 3. The summed E-state index contributed by atoms with van der Waals surface area (Å²) in [5.74, 6) is -1.95. The molecule has 1 aliphatic carbocycles. The second kappa shape index (κ2) is 7.20. The molecule has 4 rings (SSSR count). The molecule has 0 saturated carbocycles. The smallest absolute Gasteiger partial charge is 0.295 e. The quantitative estimate of drug-likeness (QED) is 0.626. The highest BCUT2D eigenvalue weighted by Gasteiger charge is 2.47. The van der Waals surface area contributed by atoms with Gasteiger partial charge in [0.15, 0.2) is 0 Å². The number of fused-ring (bicyclic) bond motifs is 1. The third kappa shape index (κ3) is 3.10. The second-order valence-electron chi connectivity index (χ2n) is 7.40. The summed E-state index contributed by atoms with van der Waals surface area (Å²) in [5, 5.41) is 2.60. The first kappa shape index (κ1) is 18.9. The van der Waals surface area contributed by atoms with Gasteiger partial charge in [-0.2, -0.15) is 0 Å². The minimum atomic E-state index is -0.565. The van der Waals surface area contributed by atoms with Crippen LogP contribution in [-0.4, -0.2) is 38.5 Å². The number of likely N-dealkylation sites (tertiary alicyclic amines) is 1. The lowest BCUT2D eigenvalue weighted by Gasteiger charge is -2.14. The van der Waals surface area contributed by atoms with Crippen molar-refractivity contribution in [2.24, 2.45) is 18.9 Å². The maximum Gasteiger partial charge on any atom is 0.295 e. The summed E-state index contributed by atoms with van der Waals surface area (Å²) in [6, 6.07) is 9.08. The van der Waals surface area contributed by atoms with Crippen molar-refractivity contribution < 1.29 is 14.4 Å². The van der Waals surface area contributed by atoms with E-state index in [0.29, 0.717) is 24.2 Å². The molecule has 8 heteroatoms. The molecule has 1 N–H and O–H groups in total. The van der Waals surface area contributed by atoms with Crippen LogP contribution in [0.2, 0.25) is 0 Å². The summed E-state index contributed by atoms with van der Waals surface area (Å²) in [6.45, 7) is 1.34. The average molecular weight is 394 g/mol. The highest BCUT2D eigenvalue weighted by molar-refractivity contribution is 6.08. The van der Waals surface area contributed by atoms with Crippen LogP contribution in [0.15, 0.2) is 47.3 Å². The Hall–Kier alpha value is -3.42. The normalized spacial score (nSPS) is 20.8. The minimum absolute atomic E-state index is 0.138. The number of hydrogen-bond acceptors (Lipinski definition) is 4. The van der Waals surface area contributed by atoms with Crippen molar-refractivity contribution in [3.8, 4) is 5.69 Å². The van der Waals surface area contributed by atoms with Crippen LogP contribution < -0.4 is 10.9 Å². The van der Waals surface area contributed by atoms with Crippen molar-refractivity contribution in [2.45, 2.75) is 19.8 Å². The lowest BCUT2D eigenvalue weighted by Crippen LogP contribution is -2.39. The molecule has 29 heavy (non-hydrogen) atoms. The number of carbonyl (C=O) groups excluding carboxylic acids is 3. The molecular formula is C21H22N4O4. The predicted molar refractivity (Wildman–Crippen MR) is 106 cm³/mol. The van der Waals surface area contributed by atoms with Gasteiger partial charge in [-0.3, -0.25) is 28.8 Å². The SMILES string of the molecule is Cc1c(NC(=O)CN2C(=O)[C@H]3CC=CC[C@H]3C2=O)c(=O)n(-c2ccccc2)n1C. The van der Waals surface area contributed by atoms with E-state index >= 15 is 0 Å². The number of hydrogen-bond donors (Lipinski definition) is 1. The molecule has 1 fully saturated rings. The van der Waals surface area contributed by atoms with Crippen LogP contribution in [0.1, 0.15) is 18.5 Å². The number of aromatic nitrogens is 2. The third-order valence-electron chi connectivity index (χ3n) is 5.72. The van der Waals surface area contributed by atoms with Crippen molar-refractivity contribution in [2.75, 3.05) is 11.9 Å². The molecule has 150 valence electrons. The molecule has 0 unspecified atom stereocenters. The number of imide groups is 1. The minimum Gasteiger partial charge on any atom is -0.318 e. The van der Waals surface area contributed by atoms with Gasteiger partial charge in [-0.25, -0.2) is 4.68 Å². The van der Waals surface area contributed by atoms with Gasteiger partial charge >= 0.3 is 0 Å². The van der Waals surface area contributed by atoms with Crippen LogP contribution in [0, 0.1) is 18.8 Å². The number of amides is 3. The second-order valence-corrected chi connectivity index (χ2v) is 7.40. The number of allylic oxidation sites excluding steroid dienone is 2. The lowest BCUT2D eigenvalue weighted by molar-refractivity contribution is -0.142. The van der Waals surface area contributed by atoms with E-state index in [1.54, 1.807) is 30.8 Å². The molecular weight excluding hydrogens is 372 g/mol. The standard InChI is InChI=1S/C21H22N4O4/c1-13-18(21(29)25(23(13)2)14-8-4-3-5-9-14)22-17(26)12-24-19(27)15-10-6-7-11-16(15)20(24)28/h3-9,15-16H,10-12H2,1-2H3,(H,22,26)/t15-,16+. The van der Waals surface area contributed by atoms with Crippen LogP contribution in [0.25, 0.3) is 5.69 Å². The summed E-state index contributed by atoms with van der Waals surface area (Å²) in [5.41, 5.74) is 1.01. The van der Waals surface area contributed by atoms with E-state index in [1.165, 1.54) is 4.68 Å². The van der Waals surface area contributed by atoms with Crippen LogP contribution >= 0.6 is 0 Å². The molecule has 2 heterocycles. The Morgan fingerprint density at radius 3 is 2.21 bits per heavy atom. The van der Waals surface area contributed by atoms with Crippen LogP contribution in [0.4, 0.5) is 5.69 Å². The van der Waals surface area contributed by atoms with Gasteiger partial charge in [0.25, 0.3) is 5.56 Å². The first-order valence-electron chi connectivity index (χ1n) is 9.54. The molecule has 2 aromatic rings. The van der Waals surface area contributed by atoms with Crippen LogP contribution in [0.5, 0.6) is 0 Å². The maximum absolute atomic E-state index is 12.9. The molecule has 1 aliphatic heterocycles. The van der Waals surface area contributed by atoms with Gasteiger partial charge in [-0.05, 0) is 31.9 Å². The van der Waals surface area contributed by atoms with Gasteiger partial charge in [-0.1, -0.05) is 30.4 Å². The molecule has 2 atom stereocenters. The Labute approximate surface area is 167 Å². The van der Waals surface area contributed by atoms with Gasteiger partial charge in [-0.15, -0.1) is 0 Å². The average Bonchev–Trinajstić information content (AvgIpc) is 3.09. The largest absolute Gasteiger partial charge is 0.318 e. The molecule has 0 radical (unpaired) electrons. The molecule has 1 saturated heterocycles. The zero-order valence-electron chi connectivity index (χ0n) is 16.3. The van der Waals surface area contributed by atoms with E-state index in [0.717, 1.165) is 4.90 Å². The Balaban J connectivity index is 1.55. The van der Waals surface area contributed by atoms with E-state index in [-0.39, 0.29) is 41.4 Å². The Bertz CT molecular complexity index is 1050. The molecule has 0 bridgehead atoms. The Morgan fingerprint density at radius 2 is 1.62 bits per heavy atom. The molecule has 0 spiro atoms. The van der Waals surface area contributed by atoms with Gasteiger partial charge in [0, 0.05) is 7.05 Å². The summed E-state index contributed by atoms with van der Waals surface area (Å²) in [4.78, 5) is 51.6. The number of nitrogens with one attached hydrogen (secondary N) is 1. The highest BCUT2D eigenvalue weighted by atomic mass is 16.2. The Morgan fingerprint density at radius 1 is 1.03 bits per heavy atom. The first-order chi connectivity index (χ1) is 13.9. The van der Waals surface area contributed by atoms with E-state index in [1.807, 2.05) is 30.4 Å². The van der Waals surface area contributed by atoms with Gasteiger partial charge in [0.2, 0.25) is 17.7 Å². The van der Waals surface area contributed by atoms with Crippen molar-refractivity contribution in [1.29, 1.82) is 0 Å². The van der Waals surface area contributed by atoms with E-state index in [2.05, 4.69) is 5.32 Å². The van der Waals surface area contributed by atoms with E-state index < -0.39 is 5.91 Å². The highest BCUT2D eigenvalue weighted by Crippen LogP contribution is 2.34. The lowest BCUT2D eigenvalue weighted by atomic mass is 9.85. The molecule has 3 amide bonds. The van der Waals surface area contributed by atoms with Crippen LogP contribution in [0.3, 0.4) is 0 Å². The fraction of sp³-hybridized carbons (Fsp3) is 0.333. The zero-order chi connectivity index (χ0) is 20.7. The summed E-state index contributed by atoms with van der Waals surface area (Å²) < 4.78 is 3.11. The molecule has 1 aromatic heterocycles. The fourth-order valence-corrected chi connectivity index (χ4v) is 4.06. The summed E-state index contributed by atoms with van der Waals surface area (Å²) >= 11 is 0. The van der Waals surface area contributed by atoms with Gasteiger partial charge in [0.05, 0.1) is 23.2 Å². The number of carbonyl (C=O) groups is 3. The number of anilines is 1. The van der Waals surface area contributed by atoms with E-state index in [4.69, 9.17) is 0 Å². The van der Waals surface area contributed by atoms with Crippen molar-refractivity contribution in [1.82, 2.24) is 14.3 Å². The number of benzene rings is 1. The predicted octanol–water partition coefficient (Wildman–Crippen LogP) is 1.37. The fourth-order valence-electron chi connectivity index (χ4n) is 4.06. The zero-order valence-corrected chi connectivity index (χ0v) is 16.3. The van der Waals surface area contributed by atoms with Crippen molar-refractivity contribution in [3.63, 3.8) is 0 Å². The van der Waals surface area contributed by atoms with Crippen molar-refractivity contribution in [3.05, 3.63) is 58.5 Å². The maximum atomic E-state index is 12.9. The van der Waals surface area contributed by atoms with E-state index in [9.17, 15) is 19.2 Å². The Kier molecular flexibility index (Phi) is 4.70. The molecule has 2 aliphatic rings.